The predicted molar refractivity (Wildman–Crippen MR) is 107 cm³/mol. The maximum absolute atomic E-state index is 14.3. The Balaban J connectivity index is 1.67. The lowest BCUT2D eigenvalue weighted by Gasteiger charge is -2.18. The molecule has 0 atom stereocenters. The van der Waals surface area contributed by atoms with Gasteiger partial charge in [-0.3, -0.25) is 14.3 Å². The number of Topliss-reactive ketones (excluding diaryl/α,β-unsaturated/α-hetero) is 1. The molecule has 3 rings (SSSR count). The number of nitrogens with zero attached hydrogens (tertiary/aromatic N) is 1. The van der Waals surface area contributed by atoms with Crippen LogP contribution in [0.25, 0.3) is 0 Å². The van der Waals surface area contributed by atoms with Crippen LogP contribution in [0.5, 0.6) is 0 Å². The van der Waals surface area contributed by atoms with E-state index in [1.807, 2.05) is 0 Å². The molecule has 2 aromatic rings. The molecule has 0 bridgehead atoms. The van der Waals surface area contributed by atoms with Crippen LogP contribution >= 0.6 is 22.9 Å². The first kappa shape index (κ1) is 20.5. The number of hydrogen-bond acceptors (Lipinski definition) is 5. The number of rotatable bonds is 7. The molecule has 1 aromatic heterocycles. The molecule has 10 heteroatoms. The molecule has 0 saturated heterocycles. The number of halogens is 2. The zero-order valence-corrected chi connectivity index (χ0v) is 17.1. The molecule has 1 amide bonds. The molecule has 0 aliphatic carbocycles. The topological polar surface area (TPSA) is 83.6 Å². The quantitative estimate of drug-likeness (QED) is 0.668. The monoisotopic (exact) mass is 442 g/mol. The van der Waals surface area contributed by atoms with Crippen LogP contribution in [-0.4, -0.2) is 32.4 Å². The van der Waals surface area contributed by atoms with Crippen molar-refractivity contribution < 1.29 is 22.4 Å². The van der Waals surface area contributed by atoms with Crippen molar-refractivity contribution in [3.05, 3.63) is 62.7 Å². The van der Waals surface area contributed by atoms with Gasteiger partial charge in [0.05, 0.1) is 15.8 Å². The summed E-state index contributed by atoms with van der Waals surface area (Å²) in [5, 5.41) is 0. The molecule has 1 aromatic carbocycles. The van der Waals surface area contributed by atoms with Gasteiger partial charge in [-0.15, -0.1) is 11.3 Å². The smallest absolute Gasteiger partial charge is 0.275 e. The molecule has 1 aliphatic rings. The zero-order valence-electron chi connectivity index (χ0n) is 14.7. The van der Waals surface area contributed by atoms with Crippen molar-refractivity contribution in [2.45, 2.75) is 13.3 Å². The average molecular weight is 443 g/mol. The Morgan fingerprint density at radius 1 is 1.32 bits per heavy atom. The number of carbonyl (C=O) groups is 2. The molecule has 1 N–H and O–H groups in total. The molecular weight excluding hydrogens is 427 g/mol. The van der Waals surface area contributed by atoms with Crippen molar-refractivity contribution in [2.75, 3.05) is 17.2 Å². The summed E-state index contributed by atoms with van der Waals surface area (Å²) in [5.41, 5.74) is 0.0448. The number of benzene rings is 1. The van der Waals surface area contributed by atoms with E-state index in [0.29, 0.717) is 4.34 Å². The van der Waals surface area contributed by atoms with E-state index in [4.69, 9.17) is 11.6 Å². The minimum absolute atomic E-state index is 0.0197. The lowest BCUT2D eigenvalue weighted by atomic mass is 10.1. The van der Waals surface area contributed by atoms with Crippen molar-refractivity contribution >= 4 is 50.3 Å². The summed E-state index contributed by atoms with van der Waals surface area (Å²) in [7, 11) is -3.76. The maximum Gasteiger partial charge on any atom is 0.275 e. The van der Waals surface area contributed by atoms with Crippen LogP contribution < -0.4 is 9.62 Å². The summed E-state index contributed by atoms with van der Waals surface area (Å²) < 4.78 is 41.7. The highest BCUT2D eigenvalue weighted by Crippen LogP contribution is 2.26. The molecular formula is C18H16ClFN2O4S2. The second-order valence-electron chi connectivity index (χ2n) is 6.13. The second-order valence-corrected chi connectivity index (χ2v) is 9.77. The van der Waals surface area contributed by atoms with E-state index in [9.17, 15) is 22.4 Å². The number of carbonyl (C=O) groups excluding carboxylic acids is 2. The summed E-state index contributed by atoms with van der Waals surface area (Å²) in [6.45, 7) is 1.33. The van der Waals surface area contributed by atoms with E-state index in [1.54, 1.807) is 12.1 Å². The van der Waals surface area contributed by atoms with Gasteiger partial charge >= 0.3 is 0 Å². The van der Waals surface area contributed by atoms with Crippen LogP contribution in [-0.2, 0) is 21.2 Å². The van der Waals surface area contributed by atoms with Gasteiger partial charge in [-0.25, -0.2) is 12.8 Å². The molecule has 0 fully saturated rings. The number of thiophene rings is 1. The number of anilines is 1. The first-order valence-corrected chi connectivity index (χ1v) is 11.1. The molecule has 28 heavy (non-hydrogen) atoms. The fourth-order valence-electron chi connectivity index (χ4n) is 2.68. The van der Waals surface area contributed by atoms with Gasteiger partial charge in [0.2, 0.25) is 10.0 Å². The number of nitrogens with one attached hydrogen (secondary N) is 1. The minimum atomic E-state index is -3.76. The average Bonchev–Trinajstić information content (AvgIpc) is 3.19. The highest BCUT2D eigenvalue weighted by molar-refractivity contribution is 7.89. The van der Waals surface area contributed by atoms with E-state index >= 15 is 0 Å². The van der Waals surface area contributed by atoms with Crippen LogP contribution in [0.3, 0.4) is 0 Å². The van der Waals surface area contributed by atoms with Crippen LogP contribution in [0.2, 0.25) is 4.34 Å². The zero-order chi connectivity index (χ0) is 20.5. The summed E-state index contributed by atoms with van der Waals surface area (Å²) in [6, 6.07) is 7.24. The van der Waals surface area contributed by atoms with Crippen molar-refractivity contribution in [3.63, 3.8) is 0 Å². The van der Waals surface area contributed by atoms with Gasteiger partial charge in [0.15, 0.2) is 5.78 Å². The van der Waals surface area contributed by atoms with Gasteiger partial charge in [0.25, 0.3) is 5.91 Å². The highest BCUT2D eigenvalue weighted by atomic mass is 35.5. The number of ketones is 1. The molecule has 2 heterocycles. The normalized spacial score (nSPS) is 14.3. The minimum Gasteiger partial charge on any atom is -0.300 e. The van der Waals surface area contributed by atoms with Gasteiger partial charge in [0.1, 0.15) is 11.5 Å². The second kappa shape index (κ2) is 8.02. The third-order valence-electron chi connectivity index (χ3n) is 4.11. The van der Waals surface area contributed by atoms with Gasteiger partial charge < -0.3 is 4.90 Å². The van der Waals surface area contributed by atoms with Crippen LogP contribution in [0.15, 0.2) is 42.1 Å². The van der Waals surface area contributed by atoms with E-state index in [2.05, 4.69) is 4.72 Å². The number of amides is 1. The Morgan fingerprint density at radius 3 is 2.68 bits per heavy atom. The van der Waals surface area contributed by atoms with Crippen molar-refractivity contribution in [1.82, 2.24) is 4.72 Å². The molecule has 0 spiro atoms. The molecule has 0 radical (unpaired) electrons. The molecule has 1 aliphatic heterocycles. The van der Waals surface area contributed by atoms with E-state index in [-0.39, 0.29) is 41.4 Å². The van der Waals surface area contributed by atoms with Gasteiger partial charge in [-0.05, 0) is 49.8 Å². The van der Waals surface area contributed by atoms with Gasteiger partial charge in [-0.2, -0.15) is 0 Å². The fraction of sp³-hybridized carbons (Fsp3) is 0.222. The Kier molecular flexibility index (Phi) is 5.87. The number of hydrogen-bond donors (Lipinski definition) is 1. The molecule has 0 unspecified atom stereocenters. The molecule has 6 nitrogen and oxygen atoms in total. The lowest BCUT2D eigenvalue weighted by Crippen LogP contribution is -2.34. The Morgan fingerprint density at radius 2 is 2.07 bits per heavy atom. The Hall–Kier alpha value is -2.23. The maximum atomic E-state index is 14.3. The summed E-state index contributed by atoms with van der Waals surface area (Å²) in [6.07, 6.45) is 1.65. The van der Waals surface area contributed by atoms with Gasteiger partial charge in [-0.1, -0.05) is 11.6 Å². The van der Waals surface area contributed by atoms with Crippen LogP contribution in [0.1, 0.15) is 22.2 Å². The molecule has 148 valence electrons. The van der Waals surface area contributed by atoms with E-state index in [1.165, 1.54) is 36.5 Å². The first-order chi connectivity index (χ1) is 13.2. The first-order valence-electron chi connectivity index (χ1n) is 8.23. The predicted octanol–water partition coefficient (Wildman–Crippen LogP) is 3.14. The molecule has 0 saturated carbocycles. The Labute approximate surface area is 170 Å². The van der Waals surface area contributed by atoms with Gasteiger partial charge in [0, 0.05) is 17.0 Å². The number of aryl methyl sites for hydroxylation is 1. The third-order valence-corrected chi connectivity index (χ3v) is 6.67. The highest BCUT2D eigenvalue weighted by Gasteiger charge is 2.30. The van der Waals surface area contributed by atoms with Crippen LogP contribution in [0.4, 0.5) is 10.1 Å². The fourth-order valence-corrected chi connectivity index (χ4v) is 4.99. The third kappa shape index (κ3) is 4.60. The van der Waals surface area contributed by atoms with Crippen molar-refractivity contribution in [3.8, 4) is 0 Å². The van der Waals surface area contributed by atoms with E-state index < -0.39 is 21.7 Å². The standard InChI is InChI=1S/C18H16ClFN2O4S2/c1-11(23)12-2-4-16(14(20)10-12)22-8-6-15(18(22)24)21-28(25,26)9-7-13-3-5-17(19)27-13/h2-6,10,21H,7-9H2,1H3. The SMILES string of the molecule is CC(=O)c1ccc(N2CC=C(NS(=O)(=O)CCc3ccc(Cl)s3)C2=O)c(F)c1. The van der Waals surface area contributed by atoms with Crippen LogP contribution in [0, 0.1) is 5.82 Å². The summed E-state index contributed by atoms with van der Waals surface area (Å²) in [4.78, 5) is 25.8. The van der Waals surface area contributed by atoms with Crippen molar-refractivity contribution in [2.24, 2.45) is 0 Å². The van der Waals surface area contributed by atoms with E-state index in [0.717, 1.165) is 15.8 Å². The Bertz CT molecular complexity index is 1080. The number of sulfonamides is 1. The lowest BCUT2D eigenvalue weighted by molar-refractivity contribution is -0.114. The summed E-state index contributed by atoms with van der Waals surface area (Å²) in [5.74, 6) is -1.89. The summed E-state index contributed by atoms with van der Waals surface area (Å²) >= 11 is 7.12. The largest absolute Gasteiger partial charge is 0.300 e. The van der Waals surface area contributed by atoms with Crippen molar-refractivity contribution in [1.29, 1.82) is 0 Å².